The quantitative estimate of drug-likeness (QED) is 0.870. The minimum Gasteiger partial charge on any atom is -0.335 e. The standard InChI is InChI=1S/C19H21N3O2S/c23-18(22-11-1-3-16(22)17-4-2-12-25-17)13-5-7-14(8-6-13)20-19(24)21-15-9-10-15/h2,4-8,12,15-16H,1,3,9-11H2,(H2,20,21,24). The van der Waals surface area contributed by atoms with E-state index in [9.17, 15) is 9.59 Å². The Kier molecular flexibility index (Phi) is 4.44. The van der Waals surface area contributed by atoms with Gasteiger partial charge in [-0.3, -0.25) is 4.79 Å². The number of thiophene rings is 1. The summed E-state index contributed by atoms with van der Waals surface area (Å²) < 4.78 is 0. The van der Waals surface area contributed by atoms with Crippen molar-refractivity contribution in [2.75, 3.05) is 11.9 Å². The average molecular weight is 355 g/mol. The molecule has 2 N–H and O–H groups in total. The van der Waals surface area contributed by atoms with Crippen LogP contribution in [0.25, 0.3) is 0 Å². The molecule has 2 heterocycles. The highest BCUT2D eigenvalue weighted by Gasteiger charge is 2.31. The Morgan fingerprint density at radius 1 is 1.08 bits per heavy atom. The zero-order chi connectivity index (χ0) is 17.2. The Morgan fingerprint density at radius 2 is 1.88 bits per heavy atom. The van der Waals surface area contributed by atoms with Crippen LogP contribution in [0, 0.1) is 0 Å². The molecule has 0 spiro atoms. The number of amides is 3. The van der Waals surface area contributed by atoms with Crippen molar-refractivity contribution in [1.29, 1.82) is 0 Å². The molecule has 2 aromatic rings. The number of hydrogen-bond acceptors (Lipinski definition) is 3. The van der Waals surface area contributed by atoms with Crippen molar-refractivity contribution in [1.82, 2.24) is 10.2 Å². The molecule has 1 aromatic heterocycles. The molecule has 5 nitrogen and oxygen atoms in total. The number of nitrogens with one attached hydrogen (secondary N) is 2. The van der Waals surface area contributed by atoms with Gasteiger partial charge in [-0.15, -0.1) is 11.3 Å². The van der Waals surface area contributed by atoms with Crippen molar-refractivity contribution in [3.8, 4) is 0 Å². The predicted octanol–water partition coefficient (Wildman–Crippen LogP) is 4.01. The second-order valence-corrected chi connectivity index (χ2v) is 7.60. The van der Waals surface area contributed by atoms with E-state index in [1.807, 2.05) is 11.0 Å². The van der Waals surface area contributed by atoms with Gasteiger partial charge in [-0.25, -0.2) is 4.79 Å². The molecular formula is C19H21N3O2S. The molecule has 130 valence electrons. The molecule has 0 radical (unpaired) electrons. The van der Waals surface area contributed by atoms with Gasteiger partial charge in [0.2, 0.25) is 0 Å². The third-order valence-corrected chi connectivity index (χ3v) is 5.66. The maximum atomic E-state index is 12.9. The maximum absolute atomic E-state index is 12.9. The fourth-order valence-corrected chi connectivity index (χ4v) is 4.10. The molecule has 6 heteroatoms. The Balaban J connectivity index is 1.42. The third-order valence-electron chi connectivity index (χ3n) is 4.69. The maximum Gasteiger partial charge on any atom is 0.319 e. The van der Waals surface area contributed by atoms with Crippen LogP contribution in [0.1, 0.15) is 47.0 Å². The molecule has 1 saturated heterocycles. The average Bonchev–Trinajstić information content (AvgIpc) is 3.09. The van der Waals surface area contributed by atoms with E-state index in [1.54, 1.807) is 35.6 Å². The largest absolute Gasteiger partial charge is 0.335 e. The van der Waals surface area contributed by atoms with Gasteiger partial charge in [0, 0.05) is 28.7 Å². The molecule has 2 fully saturated rings. The van der Waals surface area contributed by atoms with Crippen LogP contribution in [0.2, 0.25) is 0 Å². The SMILES string of the molecule is O=C(Nc1ccc(C(=O)N2CCCC2c2cccs2)cc1)NC1CC1. The Hall–Kier alpha value is -2.34. The molecule has 1 saturated carbocycles. The number of carbonyl (C=O) groups excluding carboxylic acids is 2. The molecule has 1 aliphatic heterocycles. The minimum atomic E-state index is -0.182. The number of urea groups is 1. The van der Waals surface area contributed by atoms with E-state index in [1.165, 1.54) is 4.88 Å². The van der Waals surface area contributed by atoms with Gasteiger partial charge in [0.1, 0.15) is 0 Å². The Bertz CT molecular complexity index is 753. The number of anilines is 1. The van der Waals surface area contributed by atoms with Crippen molar-refractivity contribution in [3.05, 3.63) is 52.2 Å². The summed E-state index contributed by atoms with van der Waals surface area (Å²) >= 11 is 1.71. The zero-order valence-electron chi connectivity index (χ0n) is 13.9. The lowest BCUT2D eigenvalue weighted by atomic mass is 10.1. The van der Waals surface area contributed by atoms with Crippen LogP contribution in [-0.4, -0.2) is 29.4 Å². The van der Waals surface area contributed by atoms with Gasteiger partial charge in [-0.1, -0.05) is 6.07 Å². The van der Waals surface area contributed by atoms with Crippen LogP contribution in [0.15, 0.2) is 41.8 Å². The van der Waals surface area contributed by atoms with Crippen LogP contribution in [0.5, 0.6) is 0 Å². The fourth-order valence-electron chi connectivity index (χ4n) is 3.23. The van der Waals surface area contributed by atoms with Crippen LogP contribution < -0.4 is 10.6 Å². The number of benzene rings is 1. The van der Waals surface area contributed by atoms with E-state index in [0.29, 0.717) is 17.3 Å². The molecule has 25 heavy (non-hydrogen) atoms. The molecule has 2 aliphatic rings. The van der Waals surface area contributed by atoms with Crippen molar-refractivity contribution < 1.29 is 9.59 Å². The lowest BCUT2D eigenvalue weighted by Crippen LogP contribution is -2.31. The second kappa shape index (κ2) is 6.88. The summed E-state index contributed by atoms with van der Waals surface area (Å²) in [6.07, 6.45) is 4.17. The molecule has 4 rings (SSSR count). The minimum absolute atomic E-state index is 0.0601. The monoisotopic (exact) mass is 355 g/mol. The number of likely N-dealkylation sites (tertiary alicyclic amines) is 1. The topological polar surface area (TPSA) is 61.4 Å². The van der Waals surface area contributed by atoms with E-state index >= 15 is 0 Å². The van der Waals surface area contributed by atoms with Gasteiger partial charge >= 0.3 is 6.03 Å². The highest BCUT2D eigenvalue weighted by molar-refractivity contribution is 7.10. The van der Waals surface area contributed by atoms with E-state index in [2.05, 4.69) is 22.1 Å². The number of nitrogens with zero attached hydrogens (tertiary/aromatic N) is 1. The van der Waals surface area contributed by atoms with Gasteiger partial charge in [0.05, 0.1) is 6.04 Å². The molecule has 1 atom stereocenters. The summed E-state index contributed by atoms with van der Waals surface area (Å²) in [5.74, 6) is 0.0601. The number of hydrogen-bond donors (Lipinski definition) is 2. The van der Waals surface area contributed by atoms with Crippen LogP contribution in [0.3, 0.4) is 0 Å². The normalized spacial score (nSPS) is 19.7. The van der Waals surface area contributed by atoms with Gasteiger partial charge in [-0.2, -0.15) is 0 Å². The van der Waals surface area contributed by atoms with Crippen LogP contribution >= 0.6 is 11.3 Å². The predicted molar refractivity (Wildman–Crippen MR) is 98.9 cm³/mol. The number of carbonyl (C=O) groups is 2. The summed E-state index contributed by atoms with van der Waals surface area (Å²) in [4.78, 5) is 27.9. The smallest absolute Gasteiger partial charge is 0.319 e. The van der Waals surface area contributed by atoms with Gasteiger partial charge in [0.15, 0.2) is 0 Å². The van der Waals surface area contributed by atoms with Crippen molar-refractivity contribution in [2.24, 2.45) is 0 Å². The first-order valence-corrected chi connectivity index (χ1v) is 9.60. The summed E-state index contributed by atoms with van der Waals surface area (Å²) in [5, 5.41) is 7.75. The molecule has 1 aromatic carbocycles. The Morgan fingerprint density at radius 3 is 2.56 bits per heavy atom. The molecule has 1 unspecified atom stereocenters. The molecule has 1 aliphatic carbocycles. The lowest BCUT2D eigenvalue weighted by molar-refractivity contribution is 0.0738. The second-order valence-electron chi connectivity index (χ2n) is 6.62. The highest BCUT2D eigenvalue weighted by Crippen LogP contribution is 2.35. The summed E-state index contributed by atoms with van der Waals surface area (Å²) in [7, 11) is 0. The van der Waals surface area contributed by atoms with E-state index in [0.717, 1.165) is 32.2 Å². The summed E-state index contributed by atoms with van der Waals surface area (Å²) in [6, 6.07) is 11.6. The molecular weight excluding hydrogens is 334 g/mol. The molecule has 3 amide bonds. The first kappa shape index (κ1) is 16.1. The first-order chi connectivity index (χ1) is 12.2. The van der Waals surface area contributed by atoms with Gasteiger partial charge in [-0.05, 0) is 61.4 Å². The summed E-state index contributed by atoms with van der Waals surface area (Å²) in [6.45, 7) is 0.797. The van der Waals surface area contributed by atoms with Crippen molar-refractivity contribution in [3.63, 3.8) is 0 Å². The van der Waals surface area contributed by atoms with Crippen LogP contribution in [0.4, 0.5) is 10.5 Å². The van der Waals surface area contributed by atoms with E-state index < -0.39 is 0 Å². The summed E-state index contributed by atoms with van der Waals surface area (Å²) in [5.41, 5.74) is 1.36. The number of rotatable bonds is 4. The Labute approximate surface area is 151 Å². The van der Waals surface area contributed by atoms with Crippen LogP contribution in [-0.2, 0) is 0 Å². The van der Waals surface area contributed by atoms with Gasteiger partial charge < -0.3 is 15.5 Å². The van der Waals surface area contributed by atoms with Crippen molar-refractivity contribution in [2.45, 2.75) is 37.8 Å². The highest BCUT2D eigenvalue weighted by atomic mass is 32.1. The molecule has 0 bridgehead atoms. The fraction of sp³-hybridized carbons (Fsp3) is 0.368. The van der Waals surface area contributed by atoms with E-state index in [-0.39, 0.29) is 18.0 Å². The van der Waals surface area contributed by atoms with E-state index in [4.69, 9.17) is 0 Å². The first-order valence-electron chi connectivity index (χ1n) is 8.72. The lowest BCUT2D eigenvalue weighted by Gasteiger charge is -2.24. The van der Waals surface area contributed by atoms with Gasteiger partial charge in [0.25, 0.3) is 5.91 Å². The van der Waals surface area contributed by atoms with Crippen molar-refractivity contribution >= 4 is 29.0 Å². The zero-order valence-corrected chi connectivity index (χ0v) is 14.7. The third kappa shape index (κ3) is 3.69.